The van der Waals surface area contributed by atoms with Crippen molar-refractivity contribution in [3.63, 3.8) is 0 Å². The molecule has 0 saturated carbocycles. The van der Waals surface area contributed by atoms with Gasteiger partial charge >= 0.3 is 10.0 Å². The van der Waals surface area contributed by atoms with Gasteiger partial charge < -0.3 is 0 Å². The maximum absolute atomic E-state index is 10.0. The highest BCUT2D eigenvalue weighted by atomic mass is 32.2. The molecule has 0 spiro atoms. The lowest BCUT2D eigenvalue weighted by atomic mass is 11.7. The van der Waals surface area contributed by atoms with Gasteiger partial charge in [-0.2, -0.15) is 13.7 Å². The van der Waals surface area contributed by atoms with Gasteiger partial charge in [-0.15, -0.1) is 0 Å². The second-order valence-electron chi connectivity index (χ2n) is 0.882. The average molecular weight is 136 g/mol. The second kappa shape index (κ2) is 2.61. The standard InChI is InChI=1S/C2H4N2O3S/c1-7-4-8(5,6)2-3/h4H,1H3. The van der Waals surface area contributed by atoms with E-state index >= 15 is 0 Å². The molecule has 0 atom stereocenters. The molecule has 0 unspecified atom stereocenters. The van der Waals surface area contributed by atoms with Crippen LogP contribution < -0.4 is 4.89 Å². The SMILES string of the molecule is CONS(=O)(=O)C#N. The number of nitrogens with one attached hydrogen (secondary N) is 1. The highest BCUT2D eigenvalue weighted by Gasteiger charge is 2.03. The molecule has 0 aliphatic heterocycles. The lowest BCUT2D eigenvalue weighted by Crippen LogP contribution is -2.19. The van der Waals surface area contributed by atoms with Gasteiger partial charge in [-0.05, 0) is 0 Å². The number of sulfonamides is 1. The van der Waals surface area contributed by atoms with E-state index in [4.69, 9.17) is 5.26 Å². The first-order valence-corrected chi connectivity index (χ1v) is 3.06. The van der Waals surface area contributed by atoms with Gasteiger partial charge in [0.25, 0.3) is 0 Å². The van der Waals surface area contributed by atoms with E-state index in [0.717, 1.165) is 12.5 Å². The minimum Gasteiger partial charge on any atom is -0.290 e. The summed E-state index contributed by atoms with van der Waals surface area (Å²) in [5.74, 6) is 0. The largest absolute Gasteiger partial charge is 0.327 e. The van der Waals surface area contributed by atoms with Gasteiger partial charge in [-0.3, -0.25) is 4.84 Å². The highest BCUT2D eigenvalue weighted by molar-refractivity contribution is 7.93. The third-order valence-corrected chi connectivity index (χ3v) is 0.940. The maximum Gasteiger partial charge on any atom is 0.327 e. The first-order chi connectivity index (χ1) is 3.62. The van der Waals surface area contributed by atoms with Crippen molar-refractivity contribution in [3.8, 4) is 5.40 Å². The molecule has 6 heteroatoms. The first-order valence-electron chi connectivity index (χ1n) is 1.58. The molecule has 46 valence electrons. The summed E-state index contributed by atoms with van der Waals surface area (Å²) in [6.45, 7) is 0. The smallest absolute Gasteiger partial charge is 0.290 e. The van der Waals surface area contributed by atoms with Crippen molar-refractivity contribution in [3.05, 3.63) is 0 Å². The minimum absolute atomic E-state index is 0.978. The quantitative estimate of drug-likeness (QED) is 0.298. The Kier molecular flexibility index (Phi) is 2.41. The number of nitrogens with zero attached hydrogens (tertiary/aromatic N) is 1. The highest BCUT2D eigenvalue weighted by Crippen LogP contribution is 1.74. The Morgan fingerprint density at radius 2 is 2.25 bits per heavy atom. The molecule has 0 aliphatic carbocycles. The fourth-order valence-electron chi connectivity index (χ4n) is 0.128. The summed E-state index contributed by atoms with van der Waals surface area (Å²) in [7, 11) is -2.73. The maximum atomic E-state index is 10.0. The molecule has 0 aromatic heterocycles. The van der Waals surface area contributed by atoms with Crippen LogP contribution in [0.1, 0.15) is 0 Å². The molecule has 8 heavy (non-hydrogen) atoms. The van der Waals surface area contributed by atoms with Crippen molar-refractivity contribution >= 4 is 10.0 Å². The Hall–Kier alpha value is -0.640. The monoisotopic (exact) mass is 136 g/mol. The second-order valence-corrected chi connectivity index (χ2v) is 2.24. The van der Waals surface area contributed by atoms with E-state index < -0.39 is 10.0 Å². The summed E-state index contributed by atoms with van der Waals surface area (Å²) >= 11 is 0. The molecular formula is C2H4N2O3S. The summed E-state index contributed by atoms with van der Waals surface area (Å²) in [4.78, 5) is 5.42. The summed E-state index contributed by atoms with van der Waals surface area (Å²) in [5.41, 5.74) is 0. The van der Waals surface area contributed by atoms with Gasteiger partial charge in [0, 0.05) is 0 Å². The molecule has 0 amide bonds. The van der Waals surface area contributed by atoms with Gasteiger partial charge in [-0.25, -0.2) is 0 Å². The van der Waals surface area contributed by atoms with Crippen LogP contribution in [0, 0.1) is 10.7 Å². The van der Waals surface area contributed by atoms with Gasteiger partial charge in [0.1, 0.15) is 0 Å². The lowest BCUT2D eigenvalue weighted by Gasteiger charge is -1.89. The Bertz CT molecular complexity index is 188. The van der Waals surface area contributed by atoms with E-state index in [9.17, 15) is 8.42 Å². The van der Waals surface area contributed by atoms with Gasteiger partial charge in [0.15, 0.2) is 0 Å². The van der Waals surface area contributed by atoms with Crippen molar-refractivity contribution in [2.75, 3.05) is 7.11 Å². The molecule has 1 N–H and O–H groups in total. The summed E-state index contributed by atoms with van der Waals surface area (Å²) in [6, 6.07) is 0. The van der Waals surface area contributed by atoms with Crippen LogP contribution in [-0.4, -0.2) is 15.5 Å². The molecule has 0 bridgehead atoms. The Balaban J connectivity index is 4.02. The number of rotatable bonds is 2. The molecule has 0 saturated heterocycles. The van der Waals surface area contributed by atoms with Crippen LogP contribution in [-0.2, 0) is 14.9 Å². The molecule has 0 aromatic rings. The number of hydrogen-bond donors (Lipinski definition) is 1. The van der Waals surface area contributed by atoms with Crippen LogP contribution in [0.25, 0.3) is 0 Å². The van der Waals surface area contributed by atoms with Crippen LogP contribution in [0.5, 0.6) is 0 Å². The molecule has 0 aromatic carbocycles. The summed E-state index contributed by atoms with van der Waals surface area (Å²) in [5, 5.41) is 8.72. The third-order valence-electron chi connectivity index (χ3n) is 0.313. The summed E-state index contributed by atoms with van der Waals surface area (Å²) < 4.78 is 20.0. The van der Waals surface area contributed by atoms with E-state index in [0.29, 0.717) is 0 Å². The lowest BCUT2D eigenvalue weighted by molar-refractivity contribution is 0.154. The van der Waals surface area contributed by atoms with Gasteiger partial charge in [-0.1, -0.05) is 4.89 Å². The Labute approximate surface area is 46.9 Å². The van der Waals surface area contributed by atoms with Gasteiger partial charge in [0.05, 0.1) is 7.11 Å². The molecule has 5 nitrogen and oxygen atoms in total. The molecule has 0 heterocycles. The van der Waals surface area contributed by atoms with Crippen molar-refractivity contribution in [2.45, 2.75) is 0 Å². The van der Waals surface area contributed by atoms with Crippen LogP contribution in [0.3, 0.4) is 0 Å². The first kappa shape index (κ1) is 7.36. The molecule has 0 rings (SSSR count). The Morgan fingerprint density at radius 1 is 1.75 bits per heavy atom. The zero-order chi connectivity index (χ0) is 6.62. The molecule has 0 fully saturated rings. The average Bonchev–Trinajstić information content (AvgIpc) is 1.67. The topological polar surface area (TPSA) is 79.2 Å². The number of hydrogen-bond acceptors (Lipinski definition) is 4. The van der Waals surface area contributed by atoms with Crippen molar-refractivity contribution in [1.82, 2.24) is 4.89 Å². The van der Waals surface area contributed by atoms with E-state index in [2.05, 4.69) is 4.84 Å². The fraction of sp³-hybridized carbons (Fsp3) is 0.500. The Morgan fingerprint density at radius 3 is 2.38 bits per heavy atom. The van der Waals surface area contributed by atoms with Crippen molar-refractivity contribution < 1.29 is 13.3 Å². The zero-order valence-electron chi connectivity index (χ0n) is 4.08. The van der Waals surface area contributed by atoms with E-state index in [1.165, 1.54) is 4.89 Å². The minimum atomic E-state index is -3.84. The van der Waals surface area contributed by atoms with Crippen LogP contribution in [0.4, 0.5) is 0 Å². The third kappa shape index (κ3) is 2.52. The molecular weight excluding hydrogens is 132 g/mol. The predicted molar refractivity (Wildman–Crippen MR) is 24.7 cm³/mol. The van der Waals surface area contributed by atoms with Crippen LogP contribution in [0.2, 0.25) is 0 Å². The zero-order valence-corrected chi connectivity index (χ0v) is 4.90. The van der Waals surface area contributed by atoms with Crippen LogP contribution >= 0.6 is 0 Å². The summed E-state index contributed by atoms with van der Waals surface area (Å²) in [6.07, 6.45) is 0. The van der Waals surface area contributed by atoms with E-state index in [1.54, 1.807) is 0 Å². The van der Waals surface area contributed by atoms with Crippen LogP contribution in [0.15, 0.2) is 0 Å². The number of nitriles is 1. The number of thiocyanates is 1. The van der Waals surface area contributed by atoms with Crippen molar-refractivity contribution in [1.29, 1.82) is 5.26 Å². The normalized spacial score (nSPS) is 10.5. The molecule has 0 aliphatic rings. The fourth-order valence-corrected chi connectivity index (χ4v) is 0.385. The van der Waals surface area contributed by atoms with E-state index in [-0.39, 0.29) is 0 Å². The van der Waals surface area contributed by atoms with Crippen molar-refractivity contribution in [2.24, 2.45) is 0 Å². The molecule has 0 radical (unpaired) electrons. The van der Waals surface area contributed by atoms with E-state index in [1.807, 2.05) is 0 Å². The van der Waals surface area contributed by atoms with Gasteiger partial charge in [0.2, 0.25) is 5.40 Å². The predicted octanol–water partition coefficient (Wildman–Crippen LogP) is -1.05.